The molecule has 0 amide bonds. The van der Waals surface area contributed by atoms with Gasteiger partial charge in [0.1, 0.15) is 5.75 Å². The minimum atomic E-state index is -0.648. The van der Waals surface area contributed by atoms with Crippen molar-refractivity contribution in [2.24, 2.45) is 0 Å². The Bertz CT molecular complexity index is 2970. The van der Waals surface area contributed by atoms with E-state index < -0.39 is 5.60 Å². The highest BCUT2D eigenvalue weighted by Crippen LogP contribution is 2.45. The van der Waals surface area contributed by atoms with Crippen LogP contribution >= 0.6 is 0 Å². The van der Waals surface area contributed by atoms with Gasteiger partial charge in [0.25, 0.3) is 0 Å². The SMILES string of the molecule is Cc1cc(N2CCCC2)ccc1/C(=C/C=C1\C(=O)C=Cc2ccccc21)c1ccccc1.Cc1cc(N2CCCC2)ccc1C1(c2ccccc2)C=Cc2c(ccc3ccccc23)O1.[2HH]. The third kappa shape index (κ3) is 8.01. The second-order valence-corrected chi connectivity index (χ2v) is 17.4. The molecule has 1 atom stereocenters. The van der Waals surface area contributed by atoms with Gasteiger partial charge in [0.05, 0.1) is 0 Å². The fourth-order valence-corrected chi connectivity index (χ4v) is 10.0. The number of carbonyl (C=O) groups is 1. The van der Waals surface area contributed by atoms with Gasteiger partial charge in [-0.2, -0.15) is 0 Å². The zero-order chi connectivity index (χ0) is 43.5. The summed E-state index contributed by atoms with van der Waals surface area (Å²) in [6.45, 7) is 8.98. The van der Waals surface area contributed by atoms with E-state index in [1.807, 2.05) is 36.4 Å². The lowest BCUT2D eigenvalue weighted by Crippen LogP contribution is -2.35. The van der Waals surface area contributed by atoms with E-state index in [4.69, 9.17) is 4.74 Å². The number of hydrogen-bond donors (Lipinski definition) is 0. The third-order valence-electron chi connectivity index (χ3n) is 13.4. The van der Waals surface area contributed by atoms with E-state index in [9.17, 15) is 4.79 Å². The Morgan fingerprint density at radius 1 is 0.625 bits per heavy atom. The molecule has 0 aromatic heterocycles. The van der Waals surface area contributed by atoms with Crippen molar-refractivity contribution < 1.29 is 11.0 Å². The Kier molecular flexibility index (Phi) is 11.4. The average Bonchev–Trinajstić information content (AvgIpc) is 4.10. The molecule has 1 aliphatic carbocycles. The van der Waals surface area contributed by atoms with Crippen LogP contribution in [-0.2, 0) is 10.4 Å². The van der Waals surface area contributed by atoms with E-state index in [0.717, 1.165) is 70.9 Å². The summed E-state index contributed by atoms with van der Waals surface area (Å²) in [5.41, 5.74) is 14.3. The van der Waals surface area contributed by atoms with Crippen LogP contribution in [0.3, 0.4) is 0 Å². The van der Waals surface area contributed by atoms with Crippen molar-refractivity contribution in [3.63, 3.8) is 0 Å². The molecule has 0 N–H and O–H groups in total. The second kappa shape index (κ2) is 17.9. The second-order valence-electron chi connectivity index (χ2n) is 17.4. The maximum Gasteiger partial charge on any atom is 0.186 e. The molecule has 2 fully saturated rings. The number of fused-ring (bicyclic) bond motifs is 4. The number of allylic oxidation sites excluding steroid dienone is 4. The smallest absolute Gasteiger partial charge is 0.186 e. The fourth-order valence-electron chi connectivity index (χ4n) is 10.0. The van der Waals surface area contributed by atoms with E-state index in [1.54, 1.807) is 6.08 Å². The first kappa shape index (κ1) is 40.9. The van der Waals surface area contributed by atoms with Gasteiger partial charge in [-0.05, 0) is 144 Å². The molecule has 4 nitrogen and oxygen atoms in total. The fraction of sp³-hybridized carbons (Fsp3) is 0.183. The molecule has 0 saturated carbocycles. The number of rotatable bonds is 7. The van der Waals surface area contributed by atoms with Gasteiger partial charge in [-0.3, -0.25) is 4.79 Å². The number of hydrogen-bond acceptors (Lipinski definition) is 4. The first-order valence-electron chi connectivity index (χ1n) is 22.9. The summed E-state index contributed by atoms with van der Waals surface area (Å²) in [5.74, 6) is 0.978. The third-order valence-corrected chi connectivity index (χ3v) is 13.4. The molecule has 3 heterocycles. The highest BCUT2D eigenvalue weighted by atomic mass is 16.5. The molecule has 3 aliphatic heterocycles. The van der Waals surface area contributed by atoms with Crippen LogP contribution in [-0.4, -0.2) is 32.0 Å². The summed E-state index contributed by atoms with van der Waals surface area (Å²) in [7, 11) is 0. The molecule has 2 saturated heterocycles. The molecule has 64 heavy (non-hydrogen) atoms. The number of ether oxygens (including phenoxy) is 1. The predicted molar refractivity (Wildman–Crippen MR) is 270 cm³/mol. The van der Waals surface area contributed by atoms with Crippen molar-refractivity contribution in [2.75, 3.05) is 36.0 Å². The summed E-state index contributed by atoms with van der Waals surface area (Å²) in [6.07, 6.45) is 17.3. The van der Waals surface area contributed by atoms with Crippen LogP contribution < -0.4 is 14.5 Å². The lowest BCUT2D eigenvalue weighted by atomic mass is 9.81. The molecule has 0 radical (unpaired) electrons. The molecular formula is C60H56N2O2. The van der Waals surface area contributed by atoms with E-state index >= 15 is 0 Å². The summed E-state index contributed by atoms with van der Waals surface area (Å²) in [6, 6.07) is 55.5. The molecule has 7 aromatic rings. The van der Waals surface area contributed by atoms with Gasteiger partial charge < -0.3 is 14.5 Å². The van der Waals surface area contributed by atoms with Crippen molar-refractivity contribution in [3.05, 3.63) is 232 Å². The van der Waals surface area contributed by atoms with Gasteiger partial charge in [0.15, 0.2) is 11.4 Å². The zero-order valence-electron chi connectivity index (χ0n) is 36.8. The molecule has 0 bridgehead atoms. The summed E-state index contributed by atoms with van der Waals surface area (Å²) in [5, 5.41) is 2.46. The number of carbonyl (C=O) groups excluding carboxylic acids is 1. The van der Waals surface area contributed by atoms with E-state index in [0.29, 0.717) is 0 Å². The van der Waals surface area contributed by atoms with Crippen LogP contribution in [0.1, 0.15) is 77.2 Å². The molecule has 4 heteroatoms. The Morgan fingerprint density at radius 2 is 1.27 bits per heavy atom. The predicted octanol–water partition coefficient (Wildman–Crippen LogP) is 14.1. The minimum Gasteiger partial charge on any atom is -0.473 e. The van der Waals surface area contributed by atoms with E-state index in [-0.39, 0.29) is 7.21 Å². The Hall–Kier alpha value is -7.17. The lowest BCUT2D eigenvalue weighted by Gasteiger charge is -2.37. The van der Waals surface area contributed by atoms with Gasteiger partial charge in [-0.1, -0.05) is 140 Å². The van der Waals surface area contributed by atoms with Gasteiger partial charge in [0.2, 0.25) is 0 Å². The van der Waals surface area contributed by atoms with Crippen molar-refractivity contribution in [2.45, 2.75) is 45.1 Å². The van der Waals surface area contributed by atoms with Crippen molar-refractivity contribution in [1.82, 2.24) is 0 Å². The minimum absolute atomic E-state index is 0. The molecule has 1 unspecified atom stereocenters. The highest BCUT2D eigenvalue weighted by molar-refractivity contribution is 6.30. The van der Waals surface area contributed by atoms with Crippen LogP contribution in [0.15, 0.2) is 182 Å². The Morgan fingerprint density at radius 3 is 1.98 bits per heavy atom. The van der Waals surface area contributed by atoms with Gasteiger partial charge in [-0.15, -0.1) is 0 Å². The molecule has 11 rings (SSSR count). The van der Waals surface area contributed by atoms with Crippen LogP contribution in [0.2, 0.25) is 0 Å². The van der Waals surface area contributed by atoms with Crippen molar-refractivity contribution in [1.29, 1.82) is 0 Å². The molecule has 0 spiro atoms. The zero-order valence-corrected chi connectivity index (χ0v) is 36.8. The number of anilines is 2. The van der Waals surface area contributed by atoms with Crippen molar-refractivity contribution in [3.8, 4) is 5.75 Å². The highest BCUT2D eigenvalue weighted by Gasteiger charge is 2.38. The summed E-state index contributed by atoms with van der Waals surface area (Å²) < 4.78 is 6.95. The number of benzene rings is 7. The Balaban J connectivity index is 0.000000161. The van der Waals surface area contributed by atoms with Crippen LogP contribution in [0.25, 0.3) is 34.1 Å². The first-order chi connectivity index (χ1) is 31.4. The van der Waals surface area contributed by atoms with Crippen molar-refractivity contribution >= 4 is 51.2 Å². The summed E-state index contributed by atoms with van der Waals surface area (Å²) in [4.78, 5) is 17.7. The normalized spacial score (nSPS) is 18.4. The van der Waals surface area contributed by atoms with Gasteiger partial charge >= 0.3 is 0 Å². The monoisotopic (exact) mass is 837 g/mol. The number of nitrogens with zero attached hydrogens (tertiary/aromatic N) is 2. The lowest BCUT2D eigenvalue weighted by molar-refractivity contribution is -0.109. The number of ketones is 1. The Labute approximate surface area is 379 Å². The van der Waals surface area contributed by atoms with E-state index in [1.165, 1.54) is 70.1 Å². The van der Waals surface area contributed by atoms with Crippen LogP contribution in [0.4, 0.5) is 11.4 Å². The maximum absolute atomic E-state index is 12.7. The largest absolute Gasteiger partial charge is 0.473 e. The maximum atomic E-state index is 12.7. The van der Waals surface area contributed by atoms with Gasteiger partial charge in [-0.25, -0.2) is 0 Å². The number of aryl methyl sites for hydroxylation is 2. The molecular weight excluding hydrogens is 781 g/mol. The average molecular weight is 838 g/mol. The molecule has 318 valence electrons. The molecule has 4 aliphatic rings. The quantitative estimate of drug-likeness (QED) is 0.150. The molecule has 7 aromatic carbocycles. The van der Waals surface area contributed by atoms with E-state index in [2.05, 4.69) is 175 Å². The van der Waals surface area contributed by atoms with Gasteiger partial charge in [0, 0.05) is 61.2 Å². The standard InChI is InChI=1S/2C30H27NO.H2/c1-22-21-25(31-19-7-8-20-31)14-15-28(22)30(24-10-3-2-4-11-24)18-17-27-26-12-6-5-9-23(26)13-16-29(27)32-30;1-22-21-25(31-19-7-8-20-31)14-15-26(22)28(23-9-3-2-4-10-23)16-17-29-27-12-6-5-11-24(27)13-18-30(29)32;/h2*2-6,9-18,21H,7-8,19-20H2,1H3;1H/b;28-16+,29-17-;/i;;1+1. The van der Waals surface area contributed by atoms with Crippen LogP contribution in [0, 0.1) is 13.8 Å². The summed E-state index contributed by atoms with van der Waals surface area (Å²) >= 11 is 0. The topological polar surface area (TPSA) is 32.8 Å². The first-order valence-corrected chi connectivity index (χ1v) is 22.9. The van der Waals surface area contributed by atoms with Crippen LogP contribution in [0.5, 0.6) is 5.75 Å².